The highest BCUT2D eigenvalue weighted by molar-refractivity contribution is 6.45. The van der Waals surface area contributed by atoms with Crippen molar-refractivity contribution in [2.45, 2.75) is 52.9 Å². The summed E-state index contributed by atoms with van der Waals surface area (Å²) in [5, 5.41) is 0. The Morgan fingerprint density at radius 2 is 1.50 bits per heavy atom. The second-order valence-corrected chi connectivity index (χ2v) is 8.86. The molecule has 0 radical (unpaired) electrons. The topological polar surface area (TPSA) is 59.1 Å². The molecule has 2 aromatic rings. The SMILES string of the molecule is Cc1ccc(N2C(=O)C(c3ccc(OC(C)C)cc3)=C(N3CC(C)OC(C)C3)C2=O)cc1. The molecule has 2 atom stereocenters. The number of hydrogen-bond acceptors (Lipinski definition) is 5. The minimum atomic E-state index is -0.307. The number of hydrogen-bond donors (Lipinski definition) is 0. The van der Waals surface area contributed by atoms with Crippen molar-refractivity contribution < 1.29 is 19.1 Å². The number of carbonyl (C=O) groups excluding carboxylic acids is 2. The standard InChI is InChI=1S/C26H30N2O4/c1-16(2)31-22-12-8-20(9-13-22)23-24(27-14-18(4)32-19(5)15-27)26(30)28(25(23)29)21-10-6-17(3)7-11-21/h6-13,16,18-19H,14-15H2,1-5H3. The van der Waals surface area contributed by atoms with E-state index in [1.165, 1.54) is 4.90 Å². The quantitative estimate of drug-likeness (QED) is 0.661. The van der Waals surface area contributed by atoms with Crippen molar-refractivity contribution in [3.8, 4) is 5.75 Å². The third-order valence-electron chi connectivity index (χ3n) is 5.60. The maximum Gasteiger partial charge on any atom is 0.282 e. The molecule has 2 unspecified atom stereocenters. The van der Waals surface area contributed by atoms with E-state index in [0.717, 1.165) is 11.3 Å². The monoisotopic (exact) mass is 434 g/mol. The van der Waals surface area contributed by atoms with Gasteiger partial charge in [-0.05, 0) is 64.4 Å². The summed E-state index contributed by atoms with van der Waals surface area (Å²) in [6.45, 7) is 11.0. The highest BCUT2D eigenvalue weighted by Gasteiger charge is 2.43. The molecule has 6 nitrogen and oxygen atoms in total. The van der Waals surface area contributed by atoms with Crippen LogP contribution in [0.1, 0.15) is 38.8 Å². The molecular weight excluding hydrogens is 404 g/mol. The van der Waals surface area contributed by atoms with Crippen LogP contribution in [0.3, 0.4) is 0 Å². The van der Waals surface area contributed by atoms with Gasteiger partial charge in [-0.3, -0.25) is 9.59 Å². The molecule has 1 saturated heterocycles. The van der Waals surface area contributed by atoms with Gasteiger partial charge in [0.2, 0.25) is 0 Å². The summed E-state index contributed by atoms with van der Waals surface area (Å²) in [4.78, 5) is 30.6. The van der Waals surface area contributed by atoms with Gasteiger partial charge in [-0.1, -0.05) is 29.8 Å². The lowest BCUT2D eigenvalue weighted by Gasteiger charge is -2.37. The first kappa shape index (κ1) is 22.1. The first-order valence-corrected chi connectivity index (χ1v) is 11.1. The lowest BCUT2D eigenvalue weighted by atomic mass is 10.0. The van der Waals surface area contributed by atoms with E-state index in [0.29, 0.717) is 35.6 Å². The molecule has 0 spiro atoms. The fourth-order valence-electron chi connectivity index (χ4n) is 4.33. The summed E-state index contributed by atoms with van der Waals surface area (Å²) < 4.78 is 11.6. The summed E-state index contributed by atoms with van der Waals surface area (Å²) in [6, 6.07) is 14.8. The van der Waals surface area contributed by atoms with Crippen molar-refractivity contribution in [1.82, 2.24) is 4.90 Å². The van der Waals surface area contributed by atoms with Gasteiger partial charge in [0.15, 0.2) is 0 Å². The number of nitrogens with zero attached hydrogens (tertiary/aromatic N) is 2. The molecule has 2 amide bonds. The molecule has 6 heteroatoms. The van der Waals surface area contributed by atoms with Crippen LogP contribution >= 0.6 is 0 Å². The number of morpholine rings is 1. The van der Waals surface area contributed by atoms with E-state index in [9.17, 15) is 9.59 Å². The van der Waals surface area contributed by atoms with Gasteiger partial charge in [0.25, 0.3) is 11.8 Å². The van der Waals surface area contributed by atoms with Crippen molar-refractivity contribution in [2.75, 3.05) is 18.0 Å². The van der Waals surface area contributed by atoms with Crippen LogP contribution in [0.4, 0.5) is 5.69 Å². The molecule has 1 fully saturated rings. The van der Waals surface area contributed by atoms with E-state index in [4.69, 9.17) is 9.47 Å². The van der Waals surface area contributed by atoms with Gasteiger partial charge < -0.3 is 14.4 Å². The maximum atomic E-state index is 13.7. The summed E-state index contributed by atoms with van der Waals surface area (Å²) >= 11 is 0. The van der Waals surface area contributed by atoms with E-state index in [-0.39, 0.29) is 30.1 Å². The third kappa shape index (κ3) is 4.28. The van der Waals surface area contributed by atoms with Crippen LogP contribution in [-0.2, 0) is 14.3 Å². The van der Waals surface area contributed by atoms with Gasteiger partial charge in [-0.25, -0.2) is 4.90 Å². The van der Waals surface area contributed by atoms with Gasteiger partial charge in [0.05, 0.1) is 29.6 Å². The molecule has 2 aromatic carbocycles. The summed E-state index contributed by atoms with van der Waals surface area (Å²) in [7, 11) is 0. The number of imide groups is 1. The first-order chi connectivity index (χ1) is 15.2. The fraction of sp³-hybridized carbons (Fsp3) is 0.385. The molecule has 0 aromatic heterocycles. The second kappa shape index (κ2) is 8.79. The molecule has 0 aliphatic carbocycles. The highest BCUT2D eigenvalue weighted by Crippen LogP contribution is 2.36. The zero-order valence-electron chi connectivity index (χ0n) is 19.3. The lowest BCUT2D eigenvalue weighted by Crippen LogP contribution is -2.47. The van der Waals surface area contributed by atoms with Crippen LogP contribution in [0.25, 0.3) is 5.57 Å². The molecule has 4 rings (SSSR count). The third-order valence-corrected chi connectivity index (χ3v) is 5.60. The molecule has 168 valence electrons. The van der Waals surface area contributed by atoms with Crippen LogP contribution in [0.2, 0.25) is 0 Å². The molecular formula is C26H30N2O4. The van der Waals surface area contributed by atoms with Crippen molar-refractivity contribution in [2.24, 2.45) is 0 Å². The molecule has 0 saturated carbocycles. The lowest BCUT2D eigenvalue weighted by molar-refractivity contribution is -0.121. The largest absolute Gasteiger partial charge is 0.491 e. The number of anilines is 1. The number of amides is 2. The normalized spacial score (nSPS) is 21.7. The van der Waals surface area contributed by atoms with Crippen LogP contribution in [0.15, 0.2) is 54.2 Å². The van der Waals surface area contributed by atoms with Gasteiger partial charge in [-0.15, -0.1) is 0 Å². The average Bonchev–Trinajstić information content (AvgIpc) is 2.98. The molecule has 32 heavy (non-hydrogen) atoms. The Balaban J connectivity index is 1.78. The smallest absolute Gasteiger partial charge is 0.282 e. The number of carbonyl (C=O) groups is 2. The van der Waals surface area contributed by atoms with Gasteiger partial charge in [0.1, 0.15) is 11.4 Å². The predicted octanol–water partition coefficient (Wildman–Crippen LogP) is 4.18. The van der Waals surface area contributed by atoms with E-state index >= 15 is 0 Å². The van der Waals surface area contributed by atoms with Gasteiger partial charge in [0, 0.05) is 13.1 Å². The summed E-state index contributed by atoms with van der Waals surface area (Å²) in [6.07, 6.45) is -0.0186. The van der Waals surface area contributed by atoms with Crippen LogP contribution in [-0.4, -0.2) is 48.1 Å². The Hall–Kier alpha value is -3.12. The zero-order valence-corrected chi connectivity index (χ0v) is 19.3. The van der Waals surface area contributed by atoms with E-state index in [2.05, 4.69) is 0 Å². The highest BCUT2D eigenvalue weighted by atomic mass is 16.5. The minimum Gasteiger partial charge on any atom is -0.491 e. The summed E-state index contributed by atoms with van der Waals surface area (Å²) in [5.74, 6) is 0.127. The number of aryl methyl sites for hydroxylation is 1. The molecule has 0 bridgehead atoms. The number of benzene rings is 2. The molecule has 2 aliphatic rings. The maximum absolute atomic E-state index is 13.7. The minimum absolute atomic E-state index is 0.0364. The van der Waals surface area contributed by atoms with Crippen LogP contribution in [0.5, 0.6) is 5.75 Å². The first-order valence-electron chi connectivity index (χ1n) is 11.1. The molecule has 2 aliphatic heterocycles. The number of rotatable bonds is 5. The van der Waals surface area contributed by atoms with Crippen molar-refractivity contribution >= 4 is 23.1 Å². The van der Waals surface area contributed by atoms with Crippen molar-refractivity contribution in [3.63, 3.8) is 0 Å². The Bertz CT molecular complexity index is 1030. The Morgan fingerprint density at radius 3 is 2.06 bits per heavy atom. The summed E-state index contributed by atoms with van der Waals surface area (Å²) in [5.41, 5.74) is 3.21. The van der Waals surface area contributed by atoms with E-state index in [1.807, 2.05) is 88.0 Å². The van der Waals surface area contributed by atoms with Gasteiger partial charge >= 0.3 is 0 Å². The van der Waals surface area contributed by atoms with Crippen LogP contribution < -0.4 is 9.64 Å². The second-order valence-electron chi connectivity index (χ2n) is 8.86. The fourth-order valence-corrected chi connectivity index (χ4v) is 4.33. The predicted molar refractivity (Wildman–Crippen MR) is 124 cm³/mol. The van der Waals surface area contributed by atoms with Gasteiger partial charge in [-0.2, -0.15) is 0 Å². The van der Waals surface area contributed by atoms with E-state index < -0.39 is 0 Å². The zero-order chi connectivity index (χ0) is 23.0. The van der Waals surface area contributed by atoms with Crippen molar-refractivity contribution in [1.29, 1.82) is 0 Å². The van der Waals surface area contributed by atoms with E-state index in [1.54, 1.807) is 0 Å². The Morgan fingerprint density at radius 1 is 0.906 bits per heavy atom. The molecule has 0 N–H and O–H groups in total. The molecule has 2 heterocycles. The van der Waals surface area contributed by atoms with Crippen molar-refractivity contribution in [3.05, 3.63) is 65.4 Å². The average molecular weight is 435 g/mol. The van der Waals surface area contributed by atoms with Crippen LogP contribution in [0, 0.1) is 6.92 Å². The number of ether oxygens (including phenoxy) is 2. The Kier molecular flexibility index (Phi) is 6.07. The Labute approximate surface area is 189 Å².